The highest BCUT2D eigenvalue weighted by molar-refractivity contribution is 5.80. The molecule has 2 bridgehead atoms. The molecule has 3 heteroatoms. The molecule has 34 heavy (non-hydrogen) atoms. The summed E-state index contributed by atoms with van der Waals surface area (Å²) in [5, 5.41) is 0. The zero-order chi connectivity index (χ0) is 23.4. The summed E-state index contributed by atoms with van der Waals surface area (Å²) in [6, 6.07) is 21.9. The lowest BCUT2D eigenvalue weighted by Crippen LogP contribution is -2.43. The standard InChI is InChI=1S/C31H31NO2/c1-19-14-20(2)30(21(3)15-19)22-16-23-12-13-24(17-22)32(23)31(33)34-18-29-27-10-6-4-8-25(27)26-9-5-7-11-28(26)29/h4-11,14-16,23-24,29H,12-13,17-18H2,1-3H3. The van der Waals surface area contributed by atoms with Crippen LogP contribution in [-0.2, 0) is 4.74 Å². The Kier molecular flexibility index (Phi) is 5.09. The van der Waals surface area contributed by atoms with Crippen LogP contribution in [0.2, 0.25) is 0 Å². The minimum atomic E-state index is -0.165. The van der Waals surface area contributed by atoms with E-state index in [1.54, 1.807) is 0 Å². The summed E-state index contributed by atoms with van der Waals surface area (Å²) in [7, 11) is 0. The lowest BCUT2D eigenvalue weighted by atomic mass is 9.88. The molecule has 1 amide bonds. The number of hydrogen-bond acceptors (Lipinski definition) is 2. The molecular weight excluding hydrogens is 418 g/mol. The Morgan fingerprint density at radius 1 is 0.912 bits per heavy atom. The quantitative estimate of drug-likeness (QED) is 0.424. The number of aryl methyl sites for hydroxylation is 3. The number of carbonyl (C=O) groups is 1. The maximum atomic E-state index is 13.3. The maximum absolute atomic E-state index is 13.3. The van der Waals surface area contributed by atoms with Gasteiger partial charge in [-0.3, -0.25) is 4.90 Å². The van der Waals surface area contributed by atoms with Crippen molar-refractivity contribution in [2.24, 2.45) is 0 Å². The van der Waals surface area contributed by atoms with Crippen LogP contribution in [0, 0.1) is 20.8 Å². The predicted molar refractivity (Wildman–Crippen MR) is 137 cm³/mol. The molecule has 3 aromatic carbocycles. The van der Waals surface area contributed by atoms with Crippen molar-refractivity contribution in [2.75, 3.05) is 6.61 Å². The number of carbonyl (C=O) groups excluding carboxylic acids is 1. The Bertz CT molecular complexity index is 1250. The molecule has 0 saturated carbocycles. The largest absolute Gasteiger partial charge is 0.448 e. The van der Waals surface area contributed by atoms with Gasteiger partial charge in [0.2, 0.25) is 0 Å². The van der Waals surface area contributed by atoms with Gasteiger partial charge >= 0.3 is 6.09 Å². The van der Waals surface area contributed by atoms with Gasteiger partial charge in [-0.2, -0.15) is 0 Å². The molecule has 3 aliphatic rings. The summed E-state index contributed by atoms with van der Waals surface area (Å²) in [6.45, 7) is 6.95. The fraction of sp³-hybridized carbons (Fsp3) is 0.323. The molecule has 6 rings (SSSR count). The van der Waals surface area contributed by atoms with Crippen LogP contribution in [0.15, 0.2) is 66.7 Å². The molecule has 172 valence electrons. The monoisotopic (exact) mass is 449 g/mol. The Hall–Kier alpha value is -3.33. The number of benzene rings is 3. The van der Waals surface area contributed by atoms with Gasteiger partial charge in [0.1, 0.15) is 6.61 Å². The first kappa shape index (κ1) is 21.2. The number of nitrogens with zero attached hydrogens (tertiary/aromatic N) is 1. The number of fused-ring (bicyclic) bond motifs is 5. The zero-order valence-corrected chi connectivity index (χ0v) is 20.2. The maximum Gasteiger partial charge on any atom is 0.410 e. The van der Waals surface area contributed by atoms with Gasteiger partial charge in [-0.05, 0) is 84.6 Å². The molecule has 3 aromatic rings. The van der Waals surface area contributed by atoms with E-state index in [1.807, 2.05) is 4.90 Å². The van der Waals surface area contributed by atoms with Gasteiger partial charge in [0.05, 0.1) is 6.04 Å². The lowest BCUT2D eigenvalue weighted by Gasteiger charge is -2.34. The van der Waals surface area contributed by atoms with Crippen LogP contribution < -0.4 is 0 Å². The molecule has 2 heterocycles. The number of amides is 1. The number of rotatable bonds is 3. The van der Waals surface area contributed by atoms with Crippen LogP contribution in [-0.4, -0.2) is 29.7 Å². The first-order valence-electron chi connectivity index (χ1n) is 12.4. The zero-order valence-electron chi connectivity index (χ0n) is 20.2. The van der Waals surface area contributed by atoms with Gasteiger partial charge in [-0.15, -0.1) is 0 Å². The number of ether oxygens (including phenoxy) is 1. The van der Waals surface area contributed by atoms with Gasteiger partial charge in [0, 0.05) is 12.0 Å². The van der Waals surface area contributed by atoms with Crippen LogP contribution in [0.25, 0.3) is 16.7 Å². The summed E-state index contributed by atoms with van der Waals surface area (Å²) < 4.78 is 6.02. The van der Waals surface area contributed by atoms with E-state index >= 15 is 0 Å². The summed E-state index contributed by atoms with van der Waals surface area (Å²) in [5.74, 6) is 0.0998. The molecule has 0 radical (unpaired) electrons. The average Bonchev–Trinajstić information content (AvgIpc) is 3.28. The van der Waals surface area contributed by atoms with E-state index in [9.17, 15) is 4.79 Å². The van der Waals surface area contributed by atoms with E-state index in [-0.39, 0.29) is 24.1 Å². The van der Waals surface area contributed by atoms with Gasteiger partial charge in [0.15, 0.2) is 0 Å². The predicted octanol–water partition coefficient (Wildman–Crippen LogP) is 7.18. The molecule has 2 aliphatic heterocycles. The van der Waals surface area contributed by atoms with Crippen molar-refractivity contribution in [1.29, 1.82) is 0 Å². The highest BCUT2D eigenvalue weighted by Crippen LogP contribution is 2.45. The fourth-order valence-corrected chi connectivity index (χ4v) is 6.66. The van der Waals surface area contributed by atoms with Crippen LogP contribution in [0.1, 0.15) is 58.6 Å². The fourth-order valence-electron chi connectivity index (χ4n) is 6.66. The molecule has 2 unspecified atom stereocenters. The SMILES string of the molecule is Cc1cc(C)c(C2=CC3CCC(C2)N3C(=O)OCC2c3ccccc3-c3ccccc32)c(C)c1. The van der Waals surface area contributed by atoms with Crippen LogP contribution in [0.4, 0.5) is 4.79 Å². The Labute approximate surface area is 202 Å². The Morgan fingerprint density at radius 2 is 1.53 bits per heavy atom. The molecule has 1 fully saturated rings. The van der Waals surface area contributed by atoms with Crippen molar-refractivity contribution >= 4 is 11.7 Å². The van der Waals surface area contributed by atoms with E-state index in [2.05, 4.69) is 87.5 Å². The molecule has 1 saturated heterocycles. The average molecular weight is 450 g/mol. The van der Waals surface area contributed by atoms with Crippen LogP contribution in [0.3, 0.4) is 0 Å². The van der Waals surface area contributed by atoms with Crippen molar-refractivity contribution in [3.05, 3.63) is 100 Å². The van der Waals surface area contributed by atoms with Gasteiger partial charge < -0.3 is 4.74 Å². The van der Waals surface area contributed by atoms with Gasteiger partial charge in [-0.25, -0.2) is 4.79 Å². The summed E-state index contributed by atoms with van der Waals surface area (Å²) in [6.07, 6.45) is 5.13. The molecule has 0 aromatic heterocycles. The van der Waals surface area contributed by atoms with Crippen molar-refractivity contribution in [1.82, 2.24) is 4.90 Å². The molecule has 0 N–H and O–H groups in total. The number of hydrogen-bond donors (Lipinski definition) is 0. The van der Waals surface area contributed by atoms with Crippen LogP contribution >= 0.6 is 0 Å². The third-order valence-corrected chi connectivity index (χ3v) is 7.94. The second-order valence-corrected chi connectivity index (χ2v) is 10.2. The van der Waals surface area contributed by atoms with Crippen molar-refractivity contribution in [2.45, 2.75) is 58.0 Å². The first-order valence-corrected chi connectivity index (χ1v) is 12.4. The van der Waals surface area contributed by atoms with E-state index in [1.165, 1.54) is 50.1 Å². The molecule has 2 atom stereocenters. The van der Waals surface area contributed by atoms with Crippen molar-refractivity contribution in [3.63, 3.8) is 0 Å². The van der Waals surface area contributed by atoms with E-state index in [4.69, 9.17) is 4.74 Å². The molecular formula is C31H31NO2. The topological polar surface area (TPSA) is 29.5 Å². The molecule has 1 aliphatic carbocycles. The highest BCUT2D eigenvalue weighted by atomic mass is 16.6. The third kappa shape index (κ3) is 3.37. The Balaban J connectivity index is 1.22. The van der Waals surface area contributed by atoms with Crippen LogP contribution in [0.5, 0.6) is 0 Å². The first-order chi connectivity index (χ1) is 16.5. The molecule has 0 spiro atoms. The minimum absolute atomic E-state index is 0.0998. The smallest absolute Gasteiger partial charge is 0.410 e. The minimum Gasteiger partial charge on any atom is -0.448 e. The molecule has 3 nitrogen and oxygen atoms in total. The van der Waals surface area contributed by atoms with E-state index < -0.39 is 0 Å². The van der Waals surface area contributed by atoms with Gasteiger partial charge in [0.25, 0.3) is 0 Å². The summed E-state index contributed by atoms with van der Waals surface area (Å²) in [5.41, 5.74) is 11.8. The van der Waals surface area contributed by atoms with Crippen molar-refractivity contribution in [3.8, 4) is 11.1 Å². The third-order valence-electron chi connectivity index (χ3n) is 7.94. The van der Waals surface area contributed by atoms with E-state index in [0.29, 0.717) is 6.61 Å². The normalized spacial score (nSPS) is 20.7. The second kappa shape index (κ2) is 8.16. The van der Waals surface area contributed by atoms with Gasteiger partial charge in [-0.1, -0.05) is 72.3 Å². The lowest BCUT2D eigenvalue weighted by molar-refractivity contribution is 0.0866. The van der Waals surface area contributed by atoms with E-state index in [0.717, 1.165) is 19.3 Å². The summed E-state index contributed by atoms with van der Waals surface area (Å²) >= 11 is 0. The highest BCUT2D eigenvalue weighted by Gasteiger charge is 2.41. The second-order valence-electron chi connectivity index (χ2n) is 10.2. The van der Waals surface area contributed by atoms with Crippen molar-refractivity contribution < 1.29 is 9.53 Å². The summed E-state index contributed by atoms with van der Waals surface area (Å²) in [4.78, 5) is 15.3. The Morgan fingerprint density at radius 3 is 2.15 bits per heavy atom.